The Morgan fingerprint density at radius 3 is 3.19 bits per heavy atom. The van der Waals surface area contributed by atoms with E-state index in [1.54, 1.807) is 19.3 Å². The number of imidazole rings is 1. The van der Waals surface area contributed by atoms with Gasteiger partial charge >= 0.3 is 0 Å². The summed E-state index contributed by atoms with van der Waals surface area (Å²) in [6, 6.07) is 3.26. The van der Waals surface area contributed by atoms with E-state index in [9.17, 15) is 9.50 Å². The molecular formula is C16H20FN3O. The van der Waals surface area contributed by atoms with E-state index in [1.165, 1.54) is 6.07 Å². The average Bonchev–Trinajstić information content (AvgIpc) is 2.89. The van der Waals surface area contributed by atoms with Crippen molar-refractivity contribution in [3.8, 4) is 0 Å². The molecule has 0 saturated carbocycles. The van der Waals surface area contributed by atoms with Gasteiger partial charge < -0.3 is 15.0 Å². The SMILES string of the molecule is Cc1c(F)ccc2c1ncn2C/C=C/[C@H]1NCCC[C@@H]1O. The summed E-state index contributed by atoms with van der Waals surface area (Å²) in [5.41, 5.74) is 2.22. The van der Waals surface area contributed by atoms with Gasteiger partial charge in [-0.25, -0.2) is 9.37 Å². The van der Waals surface area contributed by atoms with Crippen LogP contribution in [-0.2, 0) is 6.54 Å². The summed E-state index contributed by atoms with van der Waals surface area (Å²) < 4.78 is 15.5. The van der Waals surface area contributed by atoms with Gasteiger partial charge in [0.15, 0.2) is 0 Å². The summed E-state index contributed by atoms with van der Waals surface area (Å²) in [7, 11) is 0. The zero-order valence-corrected chi connectivity index (χ0v) is 12.1. The van der Waals surface area contributed by atoms with Gasteiger partial charge in [0.25, 0.3) is 0 Å². The maximum atomic E-state index is 13.5. The number of piperidine rings is 1. The molecule has 2 aromatic rings. The number of nitrogens with zero attached hydrogens (tertiary/aromatic N) is 2. The number of halogens is 1. The van der Waals surface area contributed by atoms with Gasteiger partial charge in [-0.3, -0.25) is 0 Å². The van der Waals surface area contributed by atoms with E-state index >= 15 is 0 Å². The molecule has 21 heavy (non-hydrogen) atoms. The number of aromatic nitrogens is 2. The maximum absolute atomic E-state index is 13.5. The molecule has 0 unspecified atom stereocenters. The van der Waals surface area contributed by atoms with Gasteiger partial charge in [0.1, 0.15) is 5.82 Å². The third kappa shape index (κ3) is 2.84. The predicted molar refractivity (Wildman–Crippen MR) is 80.6 cm³/mol. The molecule has 0 bridgehead atoms. The van der Waals surface area contributed by atoms with Crippen molar-refractivity contribution in [3.63, 3.8) is 0 Å². The van der Waals surface area contributed by atoms with Crippen LogP contribution in [0.2, 0.25) is 0 Å². The third-order valence-electron chi connectivity index (χ3n) is 4.10. The Balaban J connectivity index is 1.75. The van der Waals surface area contributed by atoms with Gasteiger partial charge in [-0.1, -0.05) is 12.2 Å². The van der Waals surface area contributed by atoms with Crippen LogP contribution in [0.15, 0.2) is 30.6 Å². The summed E-state index contributed by atoms with van der Waals surface area (Å²) >= 11 is 0. The van der Waals surface area contributed by atoms with Crippen LogP contribution < -0.4 is 5.32 Å². The highest BCUT2D eigenvalue weighted by Crippen LogP contribution is 2.19. The topological polar surface area (TPSA) is 50.1 Å². The van der Waals surface area contributed by atoms with Crippen molar-refractivity contribution < 1.29 is 9.50 Å². The molecule has 1 fully saturated rings. The van der Waals surface area contributed by atoms with Crippen LogP contribution in [-0.4, -0.2) is 33.3 Å². The van der Waals surface area contributed by atoms with Crippen molar-refractivity contribution in [2.45, 2.75) is 38.5 Å². The third-order valence-corrected chi connectivity index (χ3v) is 4.10. The molecule has 0 spiro atoms. The van der Waals surface area contributed by atoms with Crippen LogP contribution >= 0.6 is 0 Å². The van der Waals surface area contributed by atoms with E-state index in [0.717, 1.165) is 24.9 Å². The first-order valence-corrected chi connectivity index (χ1v) is 7.35. The highest BCUT2D eigenvalue weighted by molar-refractivity contribution is 5.78. The normalized spacial score (nSPS) is 23.2. The number of nitrogens with one attached hydrogen (secondary N) is 1. The molecule has 2 heterocycles. The minimum absolute atomic E-state index is 0.0210. The number of aryl methyl sites for hydroxylation is 1. The number of allylic oxidation sites excluding steroid dienone is 1. The molecule has 1 aliphatic rings. The Morgan fingerprint density at radius 2 is 2.38 bits per heavy atom. The molecule has 0 radical (unpaired) electrons. The quantitative estimate of drug-likeness (QED) is 0.851. The fraction of sp³-hybridized carbons (Fsp3) is 0.438. The van der Waals surface area contributed by atoms with Gasteiger partial charge in [0.2, 0.25) is 0 Å². The second-order valence-corrected chi connectivity index (χ2v) is 5.55. The monoisotopic (exact) mass is 289 g/mol. The standard InChI is InChI=1S/C16H20FN3O/c1-11-12(17)6-7-14-16(11)19-10-20(14)9-3-4-13-15(21)5-2-8-18-13/h3-4,6-7,10,13,15,18,21H,2,5,8-9H2,1H3/b4-3+/t13-,15+/m1/s1. The number of fused-ring (bicyclic) bond motifs is 1. The van der Waals surface area contributed by atoms with Gasteiger partial charge in [-0.2, -0.15) is 0 Å². The van der Waals surface area contributed by atoms with E-state index in [4.69, 9.17) is 0 Å². The molecule has 4 nitrogen and oxygen atoms in total. The Hall–Kier alpha value is -1.72. The molecule has 3 rings (SSSR count). The Morgan fingerprint density at radius 1 is 1.52 bits per heavy atom. The smallest absolute Gasteiger partial charge is 0.128 e. The molecule has 1 aliphatic heterocycles. The van der Waals surface area contributed by atoms with Crippen LogP contribution in [0.4, 0.5) is 4.39 Å². The lowest BCUT2D eigenvalue weighted by Crippen LogP contribution is -2.43. The summed E-state index contributed by atoms with van der Waals surface area (Å²) in [4.78, 5) is 4.28. The fourth-order valence-electron chi connectivity index (χ4n) is 2.80. The summed E-state index contributed by atoms with van der Waals surface area (Å²) in [5, 5.41) is 13.2. The molecule has 2 N–H and O–H groups in total. The van der Waals surface area contributed by atoms with E-state index in [0.29, 0.717) is 17.6 Å². The molecular weight excluding hydrogens is 269 g/mol. The minimum atomic E-state index is -0.314. The number of benzene rings is 1. The van der Waals surface area contributed by atoms with Crippen molar-refractivity contribution >= 4 is 11.0 Å². The van der Waals surface area contributed by atoms with Crippen molar-refractivity contribution in [1.29, 1.82) is 0 Å². The Bertz CT molecular complexity index is 665. The first kappa shape index (κ1) is 14.2. The van der Waals surface area contributed by atoms with Gasteiger partial charge in [0.05, 0.1) is 29.5 Å². The van der Waals surface area contributed by atoms with Crippen molar-refractivity contribution in [2.75, 3.05) is 6.54 Å². The predicted octanol–water partition coefficient (Wildman–Crippen LogP) is 2.15. The van der Waals surface area contributed by atoms with Gasteiger partial charge in [0, 0.05) is 12.1 Å². The van der Waals surface area contributed by atoms with E-state index in [2.05, 4.69) is 10.3 Å². The maximum Gasteiger partial charge on any atom is 0.128 e. The number of rotatable bonds is 3. The first-order valence-electron chi connectivity index (χ1n) is 7.35. The summed E-state index contributed by atoms with van der Waals surface area (Å²) in [6.45, 7) is 3.35. The van der Waals surface area contributed by atoms with Gasteiger partial charge in [-0.05, 0) is 38.4 Å². The van der Waals surface area contributed by atoms with Crippen molar-refractivity contribution in [2.24, 2.45) is 0 Å². The lowest BCUT2D eigenvalue weighted by Gasteiger charge is -2.26. The van der Waals surface area contributed by atoms with E-state index in [-0.39, 0.29) is 18.0 Å². The number of hydrogen-bond donors (Lipinski definition) is 2. The number of aliphatic hydroxyl groups excluding tert-OH is 1. The summed E-state index contributed by atoms with van der Waals surface area (Å²) in [6.07, 6.45) is 7.30. The average molecular weight is 289 g/mol. The minimum Gasteiger partial charge on any atom is -0.391 e. The van der Waals surface area contributed by atoms with Crippen LogP contribution in [0.3, 0.4) is 0 Å². The zero-order chi connectivity index (χ0) is 14.8. The van der Waals surface area contributed by atoms with Crippen LogP contribution in [0.5, 0.6) is 0 Å². The highest BCUT2D eigenvalue weighted by atomic mass is 19.1. The number of aliphatic hydroxyl groups is 1. The van der Waals surface area contributed by atoms with Gasteiger partial charge in [-0.15, -0.1) is 0 Å². The molecule has 0 amide bonds. The molecule has 112 valence electrons. The lowest BCUT2D eigenvalue weighted by atomic mass is 10.0. The summed E-state index contributed by atoms with van der Waals surface area (Å²) in [5.74, 6) is -0.224. The lowest BCUT2D eigenvalue weighted by molar-refractivity contribution is 0.115. The molecule has 1 aromatic heterocycles. The second kappa shape index (κ2) is 5.95. The van der Waals surface area contributed by atoms with E-state index < -0.39 is 0 Å². The number of hydrogen-bond acceptors (Lipinski definition) is 3. The van der Waals surface area contributed by atoms with Crippen molar-refractivity contribution in [3.05, 3.63) is 42.0 Å². The molecule has 0 aliphatic carbocycles. The Kier molecular flexibility index (Phi) is 4.03. The van der Waals surface area contributed by atoms with Crippen LogP contribution in [0.1, 0.15) is 18.4 Å². The Labute approximate surface area is 123 Å². The first-order chi connectivity index (χ1) is 10.2. The van der Waals surface area contributed by atoms with Crippen LogP contribution in [0.25, 0.3) is 11.0 Å². The van der Waals surface area contributed by atoms with Crippen molar-refractivity contribution in [1.82, 2.24) is 14.9 Å². The largest absolute Gasteiger partial charge is 0.391 e. The second-order valence-electron chi connectivity index (χ2n) is 5.55. The molecule has 1 saturated heterocycles. The fourth-order valence-corrected chi connectivity index (χ4v) is 2.80. The van der Waals surface area contributed by atoms with Crippen LogP contribution in [0, 0.1) is 12.7 Å². The van der Waals surface area contributed by atoms with E-state index in [1.807, 2.05) is 16.7 Å². The molecule has 1 aromatic carbocycles. The highest BCUT2D eigenvalue weighted by Gasteiger charge is 2.19. The molecule has 2 atom stereocenters. The zero-order valence-electron chi connectivity index (χ0n) is 12.1. The molecule has 5 heteroatoms.